The first-order valence-corrected chi connectivity index (χ1v) is 13.4. The Morgan fingerprint density at radius 1 is 1.13 bits per heavy atom. The van der Waals surface area contributed by atoms with Crippen LogP contribution in [0.3, 0.4) is 0 Å². The molecule has 0 radical (unpaired) electrons. The second-order valence-electron chi connectivity index (χ2n) is 10.4. The molecule has 10 nitrogen and oxygen atoms in total. The summed E-state index contributed by atoms with van der Waals surface area (Å²) in [5.74, 6) is -1.82. The van der Waals surface area contributed by atoms with Gasteiger partial charge in [-0.25, -0.2) is 13.6 Å². The number of halogens is 2. The zero-order chi connectivity index (χ0) is 27.8. The first kappa shape index (κ1) is 27.7. The number of nitrogens with one attached hydrogen (secondary N) is 1. The molecule has 2 aliphatic rings. The van der Waals surface area contributed by atoms with Crippen LogP contribution in [-0.2, 0) is 32.6 Å². The van der Waals surface area contributed by atoms with Crippen LogP contribution in [0.25, 0.3) is 0 Å². The van der Waals surface area contributed by atoms with E-state index in [9.17, 15) is 22.0 Å². The maximum Gasteiger partial charge on any atom is 0.407 e. The number of hydrogen-bond acceptors (Lipinski definition) is 6. The number of nitrogens with zero attached hydrogens (tertiary/aromatic N) is 2. The van der Waals surface area contributed by atoms with Crippen LogP contribution in [0.1, 0.15) is 50.0 Å². The maximum atomic E-state index is 14.7. The molecule has 0 unspecified atom stereocenters. The highest BCUT2D eigenvalue weighted by Crippen LogP contribution is 2.36. The van der Waals surface area contributed by atoms with Crippen LogP contribution in [0.2, 0.25) is 0 Å². The van der Waals surface area contributed by atoms with Gasteiger partial charge in [-0.15, -0.1) is 4.40 Å². The van der Waals surface area contributed by atoms with E-state index in [4.69, 9.17) is 20.9 Å². The van der Waals surface area contributed by atoms with Gasteiger partial charge in [0.05, 0.1) is 17.5 Å². The Hall–Kier alpha value is -3.29. The number of fused-ring (bicyclic) bond motifs is 1. The number of benzene rings is 2. The summed E-state index contributed by atoms with van der Waals surface area (Å²) in [6, 6.07) is 6.84. The van der Waals surface area contributed by atoms with Crippen molar-refractivity contribution in [3.63, 3.8) is 0 Å². The van der Waals surface area contributed by atoms with E-state index in [2.05, 4.69) is 14.6 Å². The lowest BCUT2D eigenvalue weighted by Gasteiger charge is -2.40. The van der Waals surface area contributed by atoms with Crippen molar-refractivity contribution in [2.75, 3.05) is 6.61 Å². The fourth-order valence-electron chi connectivity index (χ4n) is 4.71. The quantitative estimate of drug-likeness (QED) is 0.379. The van der Waals surface area contributed by atoms with E-state index in [1.54, 1.807) is 26.8 Å². The van der Waals surface area contributed by atoms with Gasteiger partial charge < -0.3 is 26.3 Å². The number of guanidine groups is 1. The Morgan fingerprint density at radius 2 is 1.84 bits per heavy atom. The summed E-state index contributed by atoms with van der Waals surface area (Å²) >= 11 is 0. The van der Waals surface area contributed by atoms with Gasteiger partial charge in [-0.05, 0) is 68.7 Å². The molecule has 13 heteroatoms. The molecule has 2 heterocycles. The number of alkyl carbamates (subject to hydrolysis) is 1. The van der Waals surface area contributed by atoms with Gasteiger partial charge in [0.25, 0.3) is 10.0 Å². The summed E-state index contributed by atoms with van der Waals surface area (Å²) in [5.41, 5.74) is 11.4. The molecule has 1 saturated heterocycles. The molecular weight excluding hydrogens is 520 g/mol. The van der Waals surface area contributed by atoms with E-state index in [1.165, 1.54) is 12.1 Å². The molecular formula is C25H31F2N5O5S. The summed E-state index contributed by atoms with van der Waals surface area (Å²) in [6.07, 6.45) is -1.28. The normalized spacial score (nSPS) is 22.0. The third-order valence-electron chi connectivity index (χ3n) is 6.29. The van der Waals surface area contributed by atoms with Gasteiger partial charge in [-0.1, -0.05) is 6.07 Å². The average molecular weight is 552 g/mol. The predicted octanol–water partition coefficient (Wildman–Crippen LogP) is 2.67. The van der Waals surface area contributed by atoms with Crippen LogP contribution < -0.4 is 16.8 Å². The number of nitrogens with two attached hydrogens (primary N) is 2. The van der Waals surface area contributed by atoms with Gasteiger partial charge in [0.1, 0.15) is 23.3 Å². The lowest BCUT2D eigenvalue weighted by atomic mass is 9.92. The molecule has 0 saturated carbocycles. The van der Waals surface area contributed by atoms with Gasteiger partial charge in [0.15, 0.2) is 0 Å². The number of rotatable bonds is 5. The molecule has 2 aromatic carbocycles. The summed E-state index contributed by atoms with van der Waals surface area (Å²) < 4.78 is 68.2. The van der Waals surface area contributed by atoms with Crippen LogP contribution in [0.4, 0.5) is 13.6 Å². The standard InChI is InChI=1S/C25H31F2N5O5S/c1-25(2,3)37-24(33)30-21-10-17(13-36-22(21)19-9-16(26)5-7-20(19)27)32-11-14-4-6-18(8-15(14)12-32)38(34,35)31-23(28)29/h4-9,17,21-22H,10-13H2,1-3H3,(H,30,33)(H4,28,29,31)/t17-,21+,22-/m1/s1. The minimum absolute atomic E-state index is 0.00352. The lowest BCUT2D eigenvalue weighted by molar-refractivity contribution is -0.0627. The summed E-state index contributed by atoms with van der Waals surface area (Å²) in [4.78, 5) is 14.7. The highest BCUT2D eigenvalue weighted by molar-refractivity contribution is 7.90. The topological polar surface area (TPSA) is 149 Å². The van der Waals surface area contributed by atoms with E-state index in [-0.39, 0.29) is 23.1 Å². The minimum Gasteiger partial charge on any atom is -0.444 e. The number of carbonyl (C=O) groups is 1. The van der Waals surface area contributed by atoms with E-state index < -0.39 is 51.5 Å². The van der Waals surface area contributed by atoms with Gasteiger partial charge in [0, 0.05) is 24.7 Å². The fraction of sp³-hybridized carbons (Fsp3) is 0.440. The number of sulfonamides is 1. The second-order valence-corrected chi connectivity index (χ2v) is 12.0. The van der Waals surface area contributed by atoms with Crippen molar-refractivity contribution in [2.45, 2.75) is 69.0 Å². The second kappa shape index (κ2) is 10.5. The molecule has 0 bridgehead atoms. The first-order chi connectivity index (χ1) is 17.7. The number of ether oxygens (including phenoxy) is 2. The molecule has 5 N–H and O–H groups in total. The summed E-state index contributed by atoms with van der Waals surface area (Å²) in [7, 11) is -4.04. The molecule has 206 valence electrons. The van der Waals surface area contributed by atoms with Crippen LogP contribution in [0, 0.1) is 11.6 Å². The Morgan fingerprint density at radius 3 is 2.53 bits per heavy atom. The number of amides is 1. The van der Waals surface area contributed by atoms with Crippen molar-refractivity contribution in [3.05, 3.63) is 64.7 Å². The Bertz CT molecular complexity index is 1360. The van der Waals surface area contributed by atoms with Crippen LogP contribution in [-0.4, -0.2) is 49.7 Å². The van der Waals surface area contributed by atoms with Gasteiger partial charge in [0.2, 0.25) is 5.96 Å². The van der Waals surface area contributed by atoms with Crippen LogP contribution in [0.15, 0.2) is 45.7 Å². The van der Waals surface area contributed by atoms with E-state index >= 15 is 0 Å². The zero-order valence-corrected chi connectivity index (χ0v) is 22.1. The maximum absolute atomic E-state index is 14.7. The lowest BCUT2D eigenvalue weighted by Crippen LogP contribution is -2.52. The van der Waals surface area contributed by atoms with Gasteiger partial charge in [-0.3, -0.25) is 4.90 Å². The summed E-state index contributed by atoms with van der Waals surface area (Å²) in [6.45, 7) is 6.26. The monoisotopic (exact) mass is 551 g/mol. The largest absolute Gasteiger partial charge is 0.444 e. The van der Waals surface area contributed by atoms with Crippen molar-refractivity contribution in [1.29, 1.82) is 0 Å². The molecule has 3 atom stereocenters. The molecule has 0 aliphatic carbocycles. The highest BCUT2D eigenvalue weighted by Gasteiger charge is 2.39. The number of hydrogen-bond donors (Lipinski definition) is 3. The van der Waals surface area contributed by atoms with E-state index in [0.29, 0.717) is 19.5 Å². The molecule has 1 amide bonds. The molecule has 2 aromatic rings. The average Bonchev–Trinajstić information content (AvgIpc) is 3.22. The Kier molecular flexibility index (Phi) is 7.64. The highest BCUT2D eigenvalue weighted by atomic mass is 32.2. The van der Waals surface area contributed by atoms with E-state index in [0.717, 1.165) is 29.3 Å². The molecule has 0 spiro atoms. The Balaban J connectivity index is 1.55. The van der Waals surface area contributed by atoms with E-state index in [1.807, 2.05) is 0 Å². The van der Waals surface area contributed by atoms with Crippen molar-refractivity contribution in [3.8, 4) is 0 Å². The van der Waals surface area contributed by atoms with Crippen molar-refractivity contribution >= 4 is 22.1 Å². The Labute approximate surface area is 220 Å². The smallest absolute Gasteiger partial charge is 0.407 e. The zero-order valence-electron chi connectivity index (χ0n) is 21.3. The van der Waals surface area contributed by atoms with Crippen LogP contribution >= 0.6 is 0 Å². The minimum atomic E-state index is -4.04. The van der Waals surface area contributed by atoms with Gasteiger partial charge in [-0.2, -0.15) is 8.42 Å². The predicted molar refractivity (Wildman–Crippen MR) is 135 cm³/mol. The molecule has 2 aliphatic heterocycles. The van der Waals surface area contributed by atoms with Gasteiger partial charge >= 0.3 is 6.09 Å². The molecule has 4 rings (SSSR count). The SMILES string of the molecule is CC(C)(C)OC(=O)N[C@H]1C[C@@H](N2Cc3ccc(S(=O)(=O)N=C(N)N)cc3C2)CO[C@@H]1c1cc(F)ccc1F. The number of carbonyl (C=O) groups excluding carboxylic acids is 1. The van der Waals surface area contributed by atoms with Crippen molar-refractivity contribution in [1.82, 2.24) is 10.2 Å². The molecule has 0 aromatic heterocycles. The van der Waals surface area contributed by atoms with Crippen molar-refractivity contribution in [2.24, 2.45) is 15.9 Å². The first-order valence-electron chi connectivity index (χ1n) is 12.0. The van der Waals surface area contributed by atoms with Crippen molar-refractivity contribution < 1.29 is 31.5 Å². The third kappa shape index (κ3) is 6.40. The fourth-order valence-corrected chi connectivity index (χ4v) is 5.62. The third-order valence-corrected chi connectivity index (χ3v) is 7.59. The van der Waals surface area contributed by atoms with Crippen LogP contribution in [0.5, 0.6) is 0 Å². The molecule has 1 fully saturated rings. The summed E-state index contributed by atoms with van der Waals surface area (Å²) in [5, 5.41) is 2.77. The molecule has 38 heavy (non-hydrogen) atoms.